The standard InChI is InChI=1S/C24H25N3O3/c28-24(26-19-10-12-20(13-11-19)27-14-16-29-17-15-27)18-25-22-8-4-5-9-23(22)30-21-6-2-1-3-7-21/h1-13,25H,14-18H2,(H,26,28). The highest BCUT2D eigenvalue weighted by atomic mass is 16.5. The molecule has 0 aromatic heterocycles. The zero-order valence-corrected chi connectivity index (χ0v) is 16.7. The molecule has 0 saturated carbocycles. The maximum absolute atomic E-state index is 12.4. The Morgan fingerprint density at radius 2 is 1.60 bits per heavy atom. The van der Waals surface area contributed by atoms with E-state index in [4.69, 9.17) is 9.47 Å². The Kier molecular flexibility index (Phi) is 6.47. The lowest BCUT2D eigenvalue weighted by atomic mass is 10.2. The van der Waals surface area contributed by atoms with Gasteiger partial charge >= 0.3 is 0 Å². The lowest BCUT2D eigenvalue weighted by Crippen LogP contribution is -2.36. The molecule has 0 aliphatic carbocycles. The number of rotatable bonds is 7. The zero-order chi connectivity index (χ0) is 20.6. The van der Waals surface area contributed by atoms with Gasteiger partial charge in [0.2, 0.25) is 5.91 Å². The molecule has 3 aromatic rings. The summed E-state index contributed by atoms with van der Waals surface area (Å²) in [5.74, 6) is 1.30. The van der Waals surface area contributed by atoms with E-state index in [1.54, 1.807) is 0 Å². The molecule has 4 rings (SSSR count). The van der Waals surface area contributed by atoms with Crippen molar-refractivity contribution in [2.75, 3.05) is 48.4 Å². The van der Waals surface area contributed by atoms with Gasteiger partial charge in [-0.1, -0.05) is 30.3 Å². The average Bonchev–Trinajstić information content (AvgIpc) is 2.80. The summed E-state index contributed by atoms with van der Waals surface area (Å²) >= 11 is 0. The molecule has 154 valence electrons. The van der Waals surface area contributed by atoms with Crippen molar-refractivity contribution in [3.05, 3.63) is 78.9 Å². The molecule has 0 bridgehead atoms. The number of amides is 1. The second-order valence-electron chi connectivity index (χ2n) is 6.96. The van der Waals surface area contributed by atoms with E-state index in [0.29, 0.717) is 5.75 Å². The van der Waals surface area contributed by atoms with Crippen LogP contribution in [0.3, 0.4) is 0 Å². The summed E-state index contributed by atoms with van der Waals surface area (Å²) < 4.78 is 11.3. The molecule has 1 saturated heterocycles. The quantitative estimate of drug-likeness (QED) is 0.614. The molecule has 0 unspecified atom stereocenters. The Morgan fingerprint density at radius 1 is 0.900 bits per heavy atom. The van der Waals surface area contributed by atoms with Gasteiger partial charge in [0, 0.05) is 24.5 Å². The van der Waals surface area contributed by atoms with Crippen molar-refractivity contribution in [1.29, 1.82) is 0 Å². The third-order valence-corrected chi connectivity index (χ3v) is 4.82. The van der Waals surface area contributed by atoms with Crippen LogP contribution in [0.25, 0.3) is 0 Å². The third-order valence-electron chi connectivity index (χ3n) is 4.82. The summed E-state index contributed by atoms with van der Waals surface area (Å²) in [6, 6.07) is 25.0. The molecule has 2 N–H and O–H groups in total. The van der Waals surface area contributed by atoms with E-state index < -0.39 is 0 Å². The van der Waals surface area contributed by atoms with Crippen LogP contribution in [0.1, 0.15) is 0 Å². The molecule has 0 radical (unpaired) electrons. The number of carbonyl (C=O) groups is 1. The Hall–Kier alpha value is -3.51. The van der Waals surface area contributed by atoms with E-state index in [9.17, 15) is 4.79 Å². The molecule has 1 aliphatic heterocycles. The van der Waals surface area contributed by atoms with Gasteiger partial charge in [-0.25, -0.2) is 0 Å². The van der Waals surface area contributed by atoms with Crippen LogP contribution >= 0.6 is 0 Å². The molecule has 0 spiro atoms. The van der Waals surface area contributed by atoms with Crippen LogP contribution in [-0.4, -0.2) is 38.8 Å². The summed E-state index contributed by atoms with van der Waals surface area (Å²) in [7, 11) is 0. The Morgan fingerprint density at radius 3 is 2.37 bits per heavy atom. The van der Waals surface area contributed by atoms with Crippen molar-refractivity contribution in [2.24, 2.45) is 0 Å². The van der Waals surface area contributed by atoms with E-state index in [1.807, 2.05) is 78.9 Å². The molecule has 30 heavy (non-hydrogen) atoms. The average molecular weight is 403 g/mol. The summed E-state index contributed by atoms with van der Waals surface area (Å²) in [4.78, 5) is 14.7. The lowest BCUT2D eigenvalue weighted by Gasteiger charge is -2.28. The molecule has 6 heteroatoms. The SMILES string of the molecule is O=C(CNc1ccccc1Oc1ccccc1)Nc1ccc(N2CCOCC2)cc1. The number of hydrogen-bond donors (Lipinski definition) is 2. The summed E-state index contributed by atoms with van der Waals surface area (Å²) in [5.41, 5.74) is 2.67. The zero-order valence-electron chi connectivity index (χ0n) is 16.7. The van der Waals surface area contributed by atoms with Gasteiger partial charge in [0.15, 0.2) is 5.75 Å². The Labute approximate surface area is 176 Å². The van der Waals surface area contributed by atoms with Gasteiger partial charge in [-0.15, -0.1) is 0 Å². The highest BCUT2D eigenvalue weighted by Gasteiger charge is 2.11. The maximum atomic E-state index is 12.4. The summed E-state index contributed by atoms with van der Waals surface area (Å²) in [6.07, 6.45) is 0. The van der Waals surface area contributed by atoms with E-state index in [2.05, 4.69) is 15.5 Å². The first-order valence-corrected chi connectivity index (χ1v) is 10.1. The normalized spacial score (nSPS) is 13.5. The second-order valence-corrected chi connectivity index (χ2v) is 6.96. The molecule has 6 nitrogen and oxygen atoms in total. The van der Waals surface area contributed by atoms with Crippen molar-refractivity contribution in [3.63, 3.8) is 0 Å². The number of benzene rings is 3. The first-order chi connectivity index (χ1) is 14.8. The van der Waals surface area contributed by atoms with Crippen molar-refractivity contribution < 1.29 is 14.3 Å². The first-order valence-electron chi connectivity index (χ1n) is 10.1. The number of carbonyl (C=O) groups excluding carboxylic acids is 1. The maximum Gasteiger partial charge on any atom is 0.243 e. The Balaban J connectivity index is 1.32. The number of hydrogen-bond acceptors (Lipinski definition) is 5. The van der Waals surface area contributed by atoms with Gasteiger partial charge in [-0.2, -0.15) is 0 Å². The molecular weight excluding hydrogens is 378 g/mol. The highest BCUT2D eigenvalue weighted by molar-refractivity contribution is 5.94. The van der Waals surface area contributed by atoms with Crippen molar-refractivity contribution in [1.82, 2.24) is 0 Å². The van der Waals surface area contributed by atoms with Crippen LogP contribution in [-0.2, 0) is 9.53 Å². The molecule has 1 heterocycles. The number of ether oxygens (including phenoxy) is 2. The number of para-hydroxylation sites is 3. The fraction of sp³-hybridized carbons (Fsp3) is 0.208. The minimum absolute atomic E-state index is 0.122. The van der Waals surface area contributed by atoms with Crippen LogP contribution < -0.4 is 20.3 Å². The number of nitrogens with one attached hydrogen (secondary N) is 2. The van der Waals surface area contributed by atoms with Crippen LogP contribution in [0, 0.1) is 0 Å². The molecule has 3 aromatic carbocycles. The van der Waals surface area contributed by atoms with Crippen LogP contribution in [0.15, 0.2) is 78.9 Å². The van der Waals surface area contributed by atoms with Gasteiger partial charge in [0.05, 0.1) is 25.4 Å². The third kappa shape index (κ3) is 5.30. The van der Waals surface area contributed by atoms with Gasteiger partial charge in [-0.3, -0.25) is 4.79 Å². The lowest BCUT2D eigenvalue weighted by molar-refractivity contribution is -0.114. The largest absolute Gasteiger partial charge is 0.455 e. The fourth-order valence-corrected chi connectivity index (χ4v) is 3.28. The van der Waals surface area contributed by atoms with E-state index >= 15 is 0 Å². The van der Waals surface area contributed by atoms with Crippen molar-refractivity contribution in [2.45, 2.75) is 0 Å². The fourth-order valence-electron chi connectivity index (χ4n) is 3.28. The molecular formula is C24H25N3O3. The monoisotopic (exact) mass is 403 g/mol. The second kappa shape index (κ2) is 9.80. The van der Waals surface area contributed by atoms with Crippen molar-refractivity contribution >= 4 is 23.0 Å². The minimum atomic E-state index is -0.122. The molecule has 0 atom stereocenters. The van der Waals surface area contributed by atoms with Crippen LogP contribution in [0.4, 0.5) is 17.1 Å². The highest BCUT2D eigenvalue weighted by Crippen LogP contribution is 2.29. The van der Waals surface area contributed by atoms with Crippen LogP contribution in [0.5, 0.6) is 11.5 Å². The van der Waals surface area contributed by atoms with Crippen molar-refractivity contribution in [3.8, 4) is 11.5 Å². The van der Waals surface area contributed by atoms with Gasteiger partial charge < -0.3 is 25.0 Å². The first kappa shape index (κ1) is 19.8. The predicted molar refractivity (Wildman–Crippen MR) is 120 cm³/mol. The summed E-state index contributed by atoms with van der Waals surface area (Å²) in [5, 5.41) is 6.08. The van der Waals surface area contributed by atoms with E-state index in [-0.39, 0.29) is 12.5 Å². The molecule has 1 fully saturated rings. The summed E-state index contributed by atoms with van der Waals surface area (Å²) in [6.45, 7) is 3.42. The predicted octanol–water partition coefficient (Wildman–Crippen LogP) is 4.37. The minimum Gasteiger partial charge on any atom is -0.455 e. The number of nitrogens with zero attached hydrogens (tertiary/aromatic N) is 1. The Bertz CT molecular complexity index is 955. The smallest absolute Gasteiger partial charge is 0.243 e. The topological polar surface area (TPSA) is 62.8 Å². The number of anilines is 3. The molecule has 1 amide bonds. The van der Waals surface area contributed by atoms with Crippen LogP contribution in [0.2, 0.25) is 0 Å². The van der Waals surface area contributed by atoms with Gasteiger partial charge in [-0.05, 0) is 48.5 Å². The van der Waals surface area contributed by atoms with Gasteiger partial charge in [0.1, 0.15) is 5.75 Å². The molecule has 1 aliphatic rings. The van der Waals surface area contributed by atoms with E-state index in [0.717, 1.165) is 49.1 Å². The van der Waals surface area contributed by atoms with E-state index in [1.165, 1.54) is 0 Å². The number of morpholine rings is 1. The van der Waals surface area contributed by atoms with Gasteiger partial charge in [0.25, 0.3) is 0 Å².